The van der Waals surface area contributed by atoms with E-state index in [1.807, 2.05) is 0 Å². The molecule has 3 aliphatic rings. The van der Waals surface area contributed by atoms with Crippen LogP contribution >= 0.6 is 0 Å². The second-order valence-corrected chi connectivity index (χ2v) is 9.11. The van der Waals surface area contributed by atoms with Gasteiger partial charge in [0.2, 0.25) is 0 Å². The molecular formula is C19H37N3O11. The SMILES string of the molecule is C[C@@H]1CC(N)[C@@H](O[C@H]2OC([C@H](O)CO)[C@@H](O)C(O)[C@@H]2N)[C@H](O[C@@H]2O[C@H](CN)[C@H](O)C2O)C1O. The summed E-state index contributed by atoms with van der Waals surface area (Å²) in [4.78, 5) is 0. The molecule has 0 aromatic heterocycles. The summed E-state index contributed by atoms with van der Waals surface area (Å²) in [5.41, 5.74) is 17.8. The molecule has 5 unspecified atom stereocenters. The summed E-state index contributed by atoms with van der Waals surface area (Å²) in [5, 5.41) is 70.8. The van der Waals surface area contributed by atoms with Crippen molar-refractivity contribution in [3.05, 3.63) is 0 Å². The molecule has 0 bridgehead atoms. The summed E-state index contributed by atoms with van der Waals surface area (Å²) in [6.45, 7) is 0.931. The second-order valence-electron chi connectivity index (χ2n) is 9.11. The molecule has 0 radical (unpaired) electrons. The van der Waals surface area contributed by atoms with E-state index >= 15 is 0 Å². The molecule has 14 nitrogen and oxygen atoms in total. The van der Waals surface area contributed by atoms with Gasteiger partial charge in [0.05, 0.1) is 18.8 Å². The molecule has 0 spiro atoms. The third kappa shape index (κ3) is 5.34. The van der Waals surface area contributed by atoms with Gasteiger partial charge in [-0.05, 0) is 12.3 Å². The fourth-order valence-corrected chi connectivity index (χ4v) is 4.59. The highest BCUT2D eigenvalue weighted by atomic mass is 16.7. The van der Waals surface area contributed by atoms with E-state index in [1.165, 1.54) is 0 Å². The molecule has 15 atom stereocenters. The number of ether oxygens (including phenoxy) is 4. The molecule has 0 aromatic carbocycles. The predicted octanol–water partition coefficient (Wildman–Crippen LogP) is -5.98. The van der Waals surface area contributed by atoms with E-state index in [0.29, 0.717) is 6.42 Å². The molecule has 3 rings (SSSR count). The van der Waals surface area contributed by atoms with Crippen molar-refractivity contribution in [2.45, 2.75) is 99.0 Å². The smallest absolute Gasteiger partial charge is 0.187 e. The Labute approximate surface area is 190 Å². The van der Waals surface area contributed by atoms with E-state index < -0.39 is 92.3 Å². The lowest BCUT2D eigenvalue weighted by atomic mass is 9.80. The molecule has 14 heteroatoms. The van der Waals surface area contributed by atoms with Gasteiger partial charge in [0.15, 0.2) is 12.6 Å². The van der Waals surface area contributed by atoms with Crippen LogP contribution in [0.1, 0.15) is 13.3 Å². The Kier molecular flexibility index (Phi) is 9.02. The first kappa shape index (κ1) is 27.0. The minimum atomic E-state index is -1.59. The monoisotopic (exact) mass is 483 g/mol. The average molecular weight is 484 g/mol. The van der Waals surface area contributed by atoms with Crippen LogP contribution in [0.4, 0.5) is 0 Å². The second kappa shape index (κ2) is 11.0. The zero-order valence-corrected chi connectivity index (χ0v) is 18.3. The highest BCUT2D eigenvalue weighted by Gasteiger charge is 2.52. The van der Waals surface area contributed by atoms with Crippen molar-refractivity contribution in [1.82, 2.24) is 0 Å². The van der Waals surface area contributed by atoms with E-state index in [1.54, 1.807) is 6.92 Å². The van der Waals surface area contributed by atoms with Crippen LogP contribution in [0.25, 0.3) is 0 Å². The third-order valence-electron chi connectivity index (χ3n) is 6.70. The highest BCUT2D eigenvalue weighted by molar-refractivity contribution is 5.00. The zero-order valence-electron chi connectivity index (χ0n) is 18.3. The summed E-state index contributed by atoms with van der Waals surface area (Å²) >= 11 is 0. The molecule has 0 aromatic rings. The van der Waals surface area contributed by atoms with Gasteiger partial charge in [0.25, 0.3) is 0 Å². The van der Waals surface area contributed by atoms with Crippen LogP contribution in [0.5, 0.6) is 0 Å². The van der Waals surface area contributed by atoms with Crippen LogP contribution in [0.2, 0.25) is 0 Å². The lowest BCUT2D eigenvalue weighted by Gasteiger charge is -2.48. The first-order chi connectivity index (χ1) is 15.5. The fraction of sp³-hybridized carbons (Fsp3) is 1.00. The van der Waals surface area contributed by atoms with E-state index in [0.717, 1.165) is 0 Å². The predicted molar refractivity (Wildman–Crippen MR) is 109 cm³/mol. The summed E-state index contributed by atoms with van der Waals surface area (Å²) in [7, 11) is 0. The van der Waals surface area contributed by atoms with Gasteiger partial charge >= 0.3 is 0 Å². The van der Waals surface area contributed by atoms with Crippen LogP contribution in [0.3, 0.4) is 0 Å². The number of hydrogen-bond acceptors (Lipinski definition) is 14. The zero-order chi connectivity index (χ0) is 24.6. The van der Waals surface area contributed by atoms with Crippen molar-refractivity contribution in [3.63, 3.8) is 0 Å². The molecule has 1 saturated carbocycles. The highest BCUT2D eigenvalue weighted by Crippen LogP contribution is 2.34. The fourth-order valence-electron chi connectivity index (χ4n) is 4.59. The molecular weight excluding hydrogens is 446 g/mol. The van der Waals surface area contributed by atoms with E-state index in [2.05, 4.69) is 0 Å². The molecule has 2 heterocycles. The minimum Gasteiger partial charge on any atom is -0.394 e. The molecule has 2 saturated heterocycles. The first-order valence-electron chi connectivity index (χ1n) is 11.0. The van der Waals surface area contributed by atoms with Crippen molar-refractivity contribution in [2.24, 2.45) is 23.1 Å². The van der Waals surface area contributed by atoms with E-state index in [-0.39, 0.29) is 12.5 Å². The van der Waals surface area contributed by atoms with E-state index in [9.17, 15) is 35.7 Å². The largest absolute Gasteiger partial charge is 0.394 e. The standard InChI is InChI=1S/C19H37N3O11/c1-5-2-6(21)15(17(10(5)25)33-19-14(29)11(26)8(3-20)30-19)31-18-9(22)12(27)13(28)16(32-18)7(24)4-23/h5-19,23-29H,2-4,20-22H2,1H3/t5-,6?,7-,8-,9+,10?,11+,12?,13+,14?,15-,16?,17-,18+,19+/m1/s1. The summed E-state index contributed by atoms with van der Waals surface area (Å²) < 4.78 is 22.7. The number of aliphatic hydroxyl groups is 7. The molecule has 2 aliphatic heterocycles. The maximum atomic E-state index is 10.8. The Morgan fingerprint density at radius 1 is 0.879 bits per heavy atom. The maximum Gasteiger partial charge on any atom is 0.187 e. The van der Waals surface area contributed by atoms with Gasteiger partial charge < -0.3 is 71.9 Å². The third-order valence-corrected chi connectivity index (χ3v) is 6.70. The van der Waals surface area contributed by atoms with Crippen LogP contribution < -0.4 is 17.2 Å². The Morgan fingerprint density at radius 3 is 2.09 bits per heavy atom. The lowest BCUT2D eigenvalue weighted by molar-refractivity contribution is -0.318. The minimum absolute atomic E-state index is 0.0687. The Morgan fingerprint density at radius 2 is 1.52 bits per heavy atom. The molecule has 33 heavy (non-hydrogen) atoms. The molecule has 0 amide bonds. The normalized spacial score (nSPS) is 52.1. The van der Waals surface area contributed by atoms with E-state index in [4.69, 9.17) is 36.1 Å². The van der Waals surface area contributed by atoms with Crippen molar-refractivity contribution >= 4 is 0 Å². The Hall–Kier alpha value is -0.560. The van der Waals surface area contributed by atoms with Gasteiger partial charge in [-0.3, -0.25) is 0 Å². The number of nitrogens with two attached hydrogens (primary N) is 3. The molecule has 1 aliphatic carbocycles. The number of aliphatic hydroxyl groups excluding tert-OH is 7. The molecule has 13 N–H and O–H groups in total. The van der Waals surface area contributed by atoms with Gasteiger partial charge in [0, 0.05) is 12.6 Å². The topological polar surface area (TPSA) is 257 Å². The van der Waals surface area contributed by atoms with Crippen molar-refractivity contribution in [2.75, 3.05) is 13.2 Å². The van der Waals surface area contributed by atoms with Gasteiger partial charge in [-0.1, -0.05) is 6.92 Å². The number of hydrogen-bond donors (Lipinski definition) is 10. The van der Waals surface area contributed by atoms with Crippen LogP contribution in [-0.4, -0.2) is 135 Å². The number of rotatable bonds is 7. The quantitative estimate of drug-likeness (QED) is 0.162. The van der Waals surface area contributed by atoms with Gasteiger partial charge in [0.1, 0.15) is 54.9 Å². The Balaban J connectivity index is 1.79. The average Bonchev–Trinajstić information content (AvgIpc) is 3.06. The lowest BCUT2D eigenvalue weighted by Crippen LogP contribution is -2.67. The van der Waals surface area contributed by atoms with Crippen molar-refractivity contribution in [3.8, 4) is 0 Å². The van der Waals surface area contributed by atoms with Crippen molar-refractivity contribution < 1.29 is 54.7 Å². The van der Waals surface area contributed by atoms with Gasteiger partial charge in [-0.15, -0.1) is 0 Å². The van der Waals surface area contributed by atoms with Crippen LogP contribution in [0, 0.1) is 5.92 Å². The Bertz CT molecular complexity index is 636. The summed E-state index contributed by atoms with van der Waals surface area (Å²) in [6, 6.07) is -1.97. The van der Waals surface area contributed by atoms with Gasteiger partial charge in [-0.2, -0.15) is 0 Å². The van der Waals surface area contributed by atoms with Gasteiger partial charge in [-0.25, -0.2) is 0 Å². The summed E-state index contributed by atoms with van der Waals surface area (Å²) in [5.74, 6) is -0.323. The molecule has 194 valence electrons. The first-order valence-corrected chi connectivity index (χ1v) is 11.0. The molecule has 3 fully saturated rings. The maximum absolute atomic E-state index is 10.8. The van der Waals surface area contributed by atoms with Crippen molar-refractivity contribution in [1.29, 1.82) is 0 Å². The van der Waals surface area contributed by atoms with Crippen LogP contribution in [0.15, 0.2) is 0 Å². The van der Waals surface area contributed by atoms with Crippen LogP contribution in [-0.2, 0) is 18.9 Å². The summed E-state index contributed by atoms with van der Waals surface area (Å²) in [6.07, 6.45) is -15.4.